The fourth-order valence-corrected chi connectivity index (χ4v) is 10.8. The number of ether oxygens (including phenoxy) is 3. The van der Waals surface area contributed by atoms with Crippen LogP contribution in [0.3, 0.4) is 0 Å². The third-order valence-corrected chi connectivity index (χ3v) is 16.2. The van der Waals surface area contributed by atoms with Gasteiger partial charge in [-0.25, -0.2) is 0 Å². The lowest BCUT2D eigenvalue weighted by molar-refractivity contribution is -0.167. The van der Waals surface area contributed by atoms with Crippen LogP contribution in [-0.2, 0) is 28.6 Å². The molecular formula is C77H138O6. The molecule has 1 atom stereocenters. The highest BCUT2D eigenvalue weighted by atomic mass is 16.6. The summed E-state index contributed by atoms with van der Waals surface area (Å²) in [5, 5.41) is 0. The maximum absolute atomic E-state index is 12.9. The second-order valence-corrected chi connectivity index (χ2v) is 24.5. The largest absolute Gasteiger partial charge is 0.462 e. The third-order valence-electron chi connectivity index (χ3n) is 16.2. The molecule has 0 spiro atoms. The zero-order valence-corrected chi connectivity index (χ0v) is 55.5. The van der Waals surface area contributed by atoms with E-state index >= 15 is 0 Å². The number of carbonyl (C=O) groups is 3. The Morgan fingerprint density at radius 2 is 0.470 bits per heavy atom. The van der Waals surface area contributed by atoms with Gasteiger partial charge in [0, 0.05) is 19.3 Å². The van der Waals surface area contributed by atoms with Crippen LogP contribution in [0.25, 0.3) is 0 Å². The van der Waals surface area contributed by atoms with Crippen molar-refractivity contribution in [3.8, 4) is 0 Å². The molecule has 0 bridgehead atoms. The van der Waals surface area contributed by atoms with Gasteiger partial charge in [0.2, 0.25) is 0 Å². The number of rotatable bonds is 67. The predicted molar refractivity (Wildman–Crippen MR) is 362 cm³/mol. The van der Waals surface area contributed by atoms with E-state index < -0.39 is 6.10 Å². The number of carbonyl (C=O) groups excluding carboxylic acids is 3. The van der Waals surface area contributed by atoms with Gasteiger partial charge in [-0.3, -0.25) is 14.4 Å². The van der Waals surface area contributed by atoms with Crippen molar-refractivity contribution >= 4 is 17.9 Å². The van der Waals surface area contributed by atoms with Gasteiger partial charge in [0.05, 0.1) is 0 Å². The van der Waals surface area contributed by atoms with Crippen molar-refractivity contribution in [2.45, 2.75) is 386 Å². The van der Waals surface area contributed by atoms with Crippen molar-refractivity contribution < 1.29 is 28.6 Å². The average Bonchev–Trinajstić information content (AvgIpc) is 3.49. The van der Waals surface area contributed by atoms with E-state index in [0.717, 1.165) is 103 Å². The van der Waals surface area contributed by atoms with Gasteiger partial charge < -0.3 is 14.2 Å². The molecular weight excluding hydrogens is 1020 g/mol. The molecule has 6 heteroatoms. The minimum atomic E-state index is -0.797. The molecule has 0 amide bonds. The van der Waals surface area contributed by atoms with Crippen molar-refractivity contribution in [2.24, 2.45) is 0 Å². The van der Waals surface area contributed by atoms with Crippen LogP contribution in [0.4, 0.5) is 0 Å². The van der Waals surface area contributed by atoms with Gasteiger partial charge >= 0.3 is 17.9 Å². The Hall–Kier alpha value is -3.15. The normalized spacial score (nSPS) is 12.5. The van der Waals surface area contributed by atoms with Crippen LogP contribution >= 0.6 is 0 Å². The number of hydrogen-bond acceptors (Lipinski definition) is 6. The first-order valence-electron chi connectivity index (χ1n) is 36.4. The molecule has 0 saturated carbocycles. The lowest BCUT2D eigenvalue weighted by Gasteiger charge is -2.18. The first-order valence-corrected chi connectivity index (χ1v) is 36.4. The van der Waals surface area contributed by atoms with Gasteiger partial charge in [-0.1, -0.05) is 344 Å². The van der Waals surface area contributed by atoms with E-state index in [1.54, 1.807) is 0 Å². The summed E-state index contributed by atoms with van der Waals surface area (Å²) in [6.07, 6.45) is 94.0. The molecule has 482 valence electrons. The van der Waals surface area contributed by atoms with Gasteiger partial charge in [-0.15, -0.1) is 0 Å². The monoisotopic (exact) mass is 1160 g/mol. The Bertz CT molecular complexity index is 1520. The highest BCUT2D eigenvalue weighted by Gasteiger charge is 2.19. The summed E-state index contributed by atoms with van der Waals surface area (Å²) in [5.74, 6) is -0.913. The van der Waals surface area contributed by atoms with Crippen LogP contribution in [0.15, 0.2) is 72.9 Å². The van der Waals surface area contributed by atoms with Crippen molar-refractivity contribution in [1.29, 1.82) is 0 Å². The zero-order valence-electron chi connectivity index (χ0n) is 55.5. The van der Waals surface area contributed by atoms with E-state index in [0.29, 0.717) is 19.3 Å². The van der Waals surface area contributed by atoms with Gasteiger partial charge in [0.25, 0.3) is 0 Å². The second kappa shape index (κ2) is 71.3. The van der Waals surface area contributed by atoms with Crippen molar-refractivity contribution in [3.63, 3.8) is 0 Å². The maximum Gasteiger partial charge on any atom is 0.306 e. The minimum Gasteiger partial charge on any atom is -0.462 e. The van der Waals surface area contributed by atoms with E-state index in [4.69, 9.17) is 14.2 Å². The minimum absolute atomic E-state index is 0.0886. The van der Waals surface area contributed by atoms with Gasteiger partial charge in [-0.2, -0.15) is 0 Å². The molecule has 0 radical (unpaired) electrons. The smallest absolute Gasteiger partial charge is 0.306 e. The van der Waals surface area contributed by atoms with Crippen LogP contribution in [0.2, 0.25) is 0 Å². The van der Waals surface area contributed by atoms with Gasteiger partial charge in [0.1, 0.15) is 13.2 Å². The summed E-state index contributed by atoms with van der Waals surface area (Å²) in [6, 6.07) is 0. The number of hydrogen-bond donors (Lipinski definition) is 0. The Morgan fingerprint density at radius 3 is 0.783 bits per heavy atom. The fourth-order valence-electron chi connectivity index (χ4n) is 10.8. The first-order chi connectivity index (χ1) is 41.0. The molecule has 0 aliphatic rings. The standard InChI is InChI=1S/C77H138O6/c1-4-7-10-13-16-19-22-25-27-29-31-32-33-34-35-36-37-38-39-40-41-42-43-44-45-47-48-50-52-55-58-61-64-67-70-76(79)82-73-74(72-81-75(78)69-66-63-60-57-54-24-21-18-15-12-9-6-3)83-77(80)71-68-65-62-59-56-53-51-49-46-30-28-26-23-20-17-14-11-8-5-2/h8,11,17-18,20-21,26,28,46,49,53,56,74H,4-7,9-10,12-16,19,22-25,27,29-45,47-48,50-52,54-55,57-73H2,1-3H3/b11-8-,20-17-,21-18-,28-26-,49-46-,56-53-. The van der Waals surface area contributed by atoms with Crippen molar-refractivity contribution in [1.82, 2.24) is 0 Å². The lowest BCUT2D eigenvalue weighted by atomic mass is 10.0. The SMILES string of the molecule is CC/C=C\C/C=C\C/C=C\C/C=C\C/C=C\CCCCCC(=O)OC(COC(=O)CCCCCCC/C=C\CCCCC)COC(=O)CCCCCCCCCCCCCCCCCCCCCCCCCCCCCCCCCCCC. The van der Waals surface area contributed by atoms with Crippen LogP contribution in [0.5, 0.6) is 0 Å². The van der Waals surface area contributed by atoms with E-state index in [1.165, 1.54) is 238 Å². The Balaban J connectivity index is 4.13. The number of unbranched alkanes of at least 4 members (excludes halogenated alkanes) is 44. The molecule has 0 heterocycles. The molecule has 83 heavy (non-hydrogen) atoms. The highest BCUT2D eigenvalue weighted by Crippen LogP contribution is 2.19. The Labute approximate surface area is 516 Å². The van der Waals surface area contributed by atoms with E-state index in [9.17, 15) is 14.4 Å². The van der Waals surface area contributed by atoms with E-state index in [1.807, 2.05) is 0 Å². The second-order valence-electron chi connectivity index (χ2n) is 24.5. The van der Waals surface area contributed by atoms with Gasteiger partial charge in [0.15, 0.2) is 6.10 Å². The van der Waals surface area contributed by atoms with Crippen LogP contribution < -0.4 is 0 Å². The first kappa shape index (κ1) is 79.8. The van der Waals surface area contributed by atoms with Gasteiger partial charge in [-0.05, 0) is 89.9 Å². The summed E-state index contributed by atoms with van der Waals surface area (Å²) in [5.41, 5.74) is 0. The Kier molecular flexibility index (Phi) is 68.6. The van der Waals surface area contributed by atoms with Crippen molar-refractivity contribution in [3.05, 3.63) is 72.9 Å². The molecule has 0 aliphatic heterocycles. The predicted octanol–water partition coefficient (Wildman–Crippen LogP) is 25.2. The Morgan fingerprint density at radius 1 is 0.253 bits per heavy atom. The molecule has 0 aromatic carbocycles. The molecule has 0 aromatic heterocycles. The molecule has 0 aliphatic carbocycles. The van der Waals surface area contributed by atoms with Crippen LogP contribution in [0, 0.1) is 0 Å². The summed E-state index contributed by atoms with van der Waals surface area (Å²) < 4.78 is 16.9. The zero-order chi connectivity index (χ0) is 59.9. The highest BCUT2D eigenvalue weighted by molar-refractivity contribution is 5.71. The topological polar surface area (TPSA) is 78.9 Å². The quantitative estimate of drug-likeness (QED) is 0.0261. The number of esters is 3. The molecule has 0 fully saturated rings. The summed E-state index contributed by atoms with van der Waals surface area (Å²) >= 11 is 0. The molecule has 0 N–H and O–H groups in total. The van der Waals surface area contributed by atoms with Crippen molar-refractivity contribution in [2.75, 3.05) is 13.2 Å². The molecule has 0 rings (SSSR count). The number of allylic oxidation sites excluding steroid dienone is 12. The molecule has 1 unspecified atom stereocenters. The molecule has 6 nitrogen and oxygen atoms in total. The van der Waals surface area contributed by atoms with E-state index in [-0.39, 0.29) is 31.1 Å². The molecule has 0 saturated heterocycles. The van der Waals surface area contributed by atoms with Crippen LogP contribution in [0.1, 0.15) is 380 Å². The molecule has 0 aromatic rings. The summed E-state index contributed by atoms with van der Waals surface area (Å²) in [6.45, 7) is 6.52. The maximum atomic E-state index is 12.9. The average molecular weight is 1160 g/mol. The lowest BCUT2D eigenvalue weighted by Crippen LogP contribution is -2.30. The summed E-state index contributed by atoms with van der Waals surface area (Å²) in [7, 11) is 0. The van der Waals surface area contributed by atoms with E-state index in [2.05, 4.69) is 93.7 Å². The summed E-state index contributed by atoms with van der Waals surface area (Å²) in [4.78, 5) is 38.3. The fraction of sp³-hybridized carbons (Fsp3) is 0.805. The van der Waals surface area contributed by atoms with Crippen LogP contribution in [-0.4, -0.2) is 37.2 Å². The third kappa shape index (κ3) is 69.5.